The van der Waals surface area contributed by atoms with Crippen LogP contribution in [0.25, 0.3) is 17.0 Å². The molecule has 0 saturated carbocycles. The highest BCUT2D eigenvalue weighted by Crippen LogP contribution is 2.38. The Hall–Kier alpha value is -5.69. The van der Waals surface area contributed by atoms with E-state index < -0.39 is 6.04 Å². The third kappa shape index (κ3) is 6.10. The van der Waals surface area contributed by atoms with Crippen LogP contribution in [0.5, 0.6) is 0 Å². The van der Waals surface area contributed by atoms with E-state index >= 15 is 0 Å². The van der Waals surface area contributed by atoms with E-state index in [9.17, 15) is 18.8 Å². The second-order valence-electron chi connectivity index (χ2n) is 15.6. The third-order valence-electron chi connectivity index (χ3n) is 12.4. The molecule has 5 aliphatic rings. The number of piperidine rings is 2. The van der Waals surface area contributed by atoms with Crippen LogP contribution in [0.15, 0.2) is 79.0 Å². The number of nitrogens with one attached hydrogen (secondary N) is 1. The van der Waals surface area contributed by atoms with Crippen molar-refractivity contribution < 1.29 is 18.8 Å². The maximum atomic E-state index is 14.1. The Morgan fingerprint density at radius 3 is 2.47 bits per heavy atom. The zero-order chi connectivity index (χ0) is 37.2. The third-order valence-corrected chi connectivity index (χ3v) is 12.4. The predicted molar refractivity (Wildman–Crippen MR) is 204 cm³/mol. The van der Waals surface area contributed by atoms with Gasteiger partial charge >= 0.3 is 0 Å². The van der Waals surface area contributed by atoms with Crippen molar-refractivity contribution in [2.75, 3.05) is 42.5 Å². The van der Waals surface area contributed by atoms with Crippen molar-refractivity contribution in [1.29, 1.82) is 0 Å². The van der Waals surface area contributed by atoms with Gasteiger partial charge < -0.3 is 14.7 Å². The van der Waals surface area contributed by atoms with Crippen LogP contribution in [-0.4, -0.2) is 91.9 Å². The molecule has 10 rings (SSSR count). The van der Waals surface area contributed by atoms with E-state index in [0.29, 0.717) is 30.5 Å². The lowest BCUT2D eigenvalue weighted by molar-refractivity contribution is -0.136. The van der Waals surface area contributed by atoms with Crippen molar-refractivity contribution in [3.63, 3.8) is 0 Å². The van der Waals surface area contributed by atoms with Crippen molar-refractivity contribution in [3.05, 3.63) is 107 Å². The number of carbonyl (C=O) groups excluding carboxylic acids is 3. The molecule has 55 heavy (non-hydrogen) atoms. The number of halogens is 1. The zero-order valence-electron chi connectivity index (χ0n) is 30.5. The van der Waals surface area contributed by atoms with Gasteiger partial charge in [-0.1, -0.05) is 30.3 Å². The number of amides is 3. The number of aromatic nitrogens is 4. The Labute approximate surface area is 317 Å². The van der Waals surface area contributed by atoms with E-state index in [1.165, 1.54) is 11.6 Å². The summed E-state index contributed by atoms with van der Waals surface area (Å²) in [7, 11) is 0. The molecule has 280 valence electrons. The Balaban J connectivity index is 0.775. The molecule has 2 aromatic carbocycles. The number of imide groups is 1. The lowest BCUT2D eigenvalue weighted by Crippen LogP contribution is -2.54. The molecule has 0 radical (unpaired) electrons. The fourth-order valence-electron chi connectivity index (χ4n) is 9.34. The Kier molecular flexibility index (Phi) is 8.34. The SMILES string of the molecule is O=C1CCC(N2Cc3ccc(C4CN(C5CCN(c6cccc(-c7cnc8ccc(N9CCCC9c9cccc(F)c9)nn78)n6)CC5)C4)cc3C2=O)C(=O)N1. The van der Waals surface area contributed by atoms with E-state index in [1.54, 1.807) is 17.0 Å². The number of likely N-dealkylation sites (tertiary alicyclic amines) is 1. The Bertz CT molecular complexity index is 2330. The summed E-state index contributed by atoms with van der Waals surface area (Å²) in [6, 6.07) is 23.2. The molecule has 2 unspecified atom stereocenters. The molecule has 13 heteroatoms. The molecule has 3 aromatic heterocycles. The lowest BCUT2D eigenvalue weighted by atomic mass is 9.86. The number of hydrogen-bond acceptors (Lipinski definition) is 9. The van der Waals surface area contributed by atoms with E-state index in [1.807, 2.05) is 47.1 Å². The maximum Gasteiger partial charge on any atom is 0.255 e. The minimum absolute atomic E-state index is 0.0730. The minimum atomic E-state index is -0.594. The first kappa shape index (κ1) is 33.8. The van der Waals surface area contributed by atoms with Gasteiger partial charge in [0, 0.05) is 63.2 Å². The van der Waals surface area contributed by atoms with E-state index in [4.69, 9.17) is 10.1 Å². The van der Waals surface area contributed by atoms with Crippen LogP contribution in [0, 0.1) is 5.82 Å². The summed E-state index contributed by atoms with van der Waals surface area (Å²) >= 11 is 0. The van der Waals surface area contributed by atoms with Gasteiger partial charge in [0.2, 0.25) is 11.8 Å². The number of imidazole rings is 1. The number of pyridine rings is 1. The van der Waals surface area contributed by atoms with Crippen molar-refractivity contribution in [3.8, 4) is 11.4 Å². The fourth-order valence-corrected chi connectivity index (χ4v) is 9.34. The van der Waals surface area contributed by atoms with E-state index in [-0.39, 0.29) is 36.0 Å². The number of fused-ring (bicyclic) bond motifs is 2. The number of rotatable bonds is 7. The van der Waals surface area contributed by atoms with Gasteiger partial charge in [-0.05, 0) is 91.3 Å². The van der Waals surface area contributed by atoms with Gasteiger partial charge in [0.05, 0.1) is 17.9 Å². The number of anilines is 2. The monoisotopic (exact) mass is 739 g/mol. The number of nitrogens with zero attached hydrogens (tertiary/aromatic N) is 8. The summed E-state index contributed by atoms with van der Waals surface area (Å²) < 4.78 is 16.0. The Morgan fingerprint density at radius 1 is 0.782 bits per heavy atom. The molecule has 0 spiro atoms. The molecule has 2 atom stereocenters. The van der Waals surface area contributed by atoms with Crippen molar-refractivity contribution in [2.45, 2.75) is 69.1 Å². The molecule has 4 fully saturated rings. The molecule has 5 aliphatic heterocycles. The van der Waals surface area contributed by atoms with Crippen LogP contribution in [0.4, 0.5) is 16.0 Å². The molecule has 0 bridgehead atoms. The second kappa shape index (κ2) is 13.6. The number of hydrogen-bond donors (Lipinski definition) is 1. The van der Waals surface area contributed by atoms with Crippen LogP contribution in [0.2, 0.25) is 0 Å². The van der Waals surface area contributed by atoms with Gasteiger partial charge in [-0.2, -0.15) is 0 Å². The topological polar surface area (TPSA) is 119 Å². The molecule has 1 N–H and O–H groups in total. The summed E-state index contributed by atoms with van der Waals surface area (Å²) in [5.41, 5.74) is 6.17. The Morgan fingerprint density at radius 2 is 1.64 bits per heavy atom. The minimum Gasteiger partial charge on any atom is -0.356 e. The second-order valence-corrected chi connectivity index (χ2v) is 15.6. The fraction of sp³-hybridized carbons (Fsp3) is 0.381. The van der Waals surface area contributed by atoms with Gasteiger partial charge in [-0.25, -0.2) is 18.9 Å². The van der Waals surface area contributed by atoms with Crippen LogP contribution in [0.1, 0.15) is 77.5 Å². The molecule has 12 nitrogen and oxygen atoms in total. The summed E-state index contributed by atoms with van der Waals surface area (Å²) in [6.45, 7) is 5.02. The zero-order valence-corrected chi connectivity index (χ0v) is 30.5. The largest absolute Gasteiger partial charge is 0.356 e. The summed E-state index contributed by atoms with van der Waals surface area (Å²) in [5, 5.41) is 7.42. The molecule has 4 saturated heterocycles. The van der Waals surface area contributed by atoms with Crippen molar-refractivity contribution >= 4 is 35.0 Å². The highest BCUT2D eigenvalue weighted by atomic mass is 19.1. The van der Waals surface area contributed by atoms with Crippen LogP contribution < -0.4 is 15.1 Å². The van der Waals surface area contributed by atoms with Crippen LogP contribution in [0.3, 0.4) is 0 Å². The number of benzene rings is 2. The predicted octanol–water partition coefficient (Wildman–Crippen LogP) is 5.10. The van der Waals surface area contributed by atoms with Gasteiger partial charge in [-0.15, -0.1) is 5.10 Å². The molecular weight excluding hydrogens is 698 g/mol. The van der Waals surface area contributed by atoms with Crippen LogP contribution >= 0.6 is 0 Å². The van der Waals surface area contributed by atoms with Gasteiger partial charge in [-0.3, -0.25) is 24.6 Å². The van der Waals surface area contributed by atoms with E-state index in [2.05, 4.69) is 43.2 Å². The first-order valence-corrected chi connectivity index (χ1v) is 19.5. The first-order valence-electron chi connectivity index (χ1n) is 19.5. The van der Waals surface area contributed by atoms with Crippen molar-refractivity contribution in [1.82, 2.24) is 34.7 Å². The molecule has 0 aliphatic carbocycles. The van der Waals surface area contributed by atoms with E-state index in [0.717, 1.165) is 98.2 Å². The first-order chi connectivity index (χ1) is 26.9. The molecule has 3 amide bonds. The smallest absolute Gasteiger partial charge is 0.255 e. The van der Waals surface area contributed by atoms with Gasteiger partial charge in [0.25, 0.3) is 5.91 Å². The van der Waals surface area contributed by atoms with Gasteiger partial charge in [0.1, 0.15) is 29.2 Å². The normalized spacial score (nSPS) is 22.4. The lowest BCUT2D eigenvalue weighted by Gasteiger charge is -2.47. The summed E-state index contributed by atoms with van der Waals surface area (Å²) in [6.07, 6.45) is 6.52. The quantitative estimate of drug-likeness (QED) is 0.228. The van der Waals surface area contributed by atoms with Crippen molar-refractivity contribution in [2.24, 2.45) is 0 Å². The summed E-state index contributed by atoms with van der Waals surface area (Å²) in [4.78, 5) is 56.0. The highest BCUT2D eigenvalue weighted by Gasteiger charge is 2.41. The number of carbonyl (C=O) groups is 3. The maximum absolute atomic E-state index is 14.1. The van der Waals surface area contributed by atoms with Crippen LogP contribution in [-0.2, 0) is 16.1 Å². The average Bonchev–Trinajstić information content (AvgIpc) is 3.92. The highest BCUT2D eigenvalue weighted by molar-refractivity contribution is 6.05. The van der Waals surface area contributed by atoms with Gasteiger partial charge in [0.15, 0.2) is 5.65 Å². The standard InChI is InChI=1S/C42H42FN9O3/c43-30-5-1-4-27(20-30)34-7-3-17-50(34)39-13-12-37-44-22-36(52(37)47-39)33-6-2-8-38(45-33)48-18-15-31(16-19-48)49-23-29(24-49)26-9-10-28-25-51(42(55)32(28)21-26)35-11-14-40(53)46-41(35)54/h1-2,4-6,8-10,12-13,20-22,29,31,34-35H,3,7,11,14-19,23-25H2,(H,46,53,54). The molecular formula is C42H42FN9O3. The average molecular weight is 740 g/mol. The molecule has 8 heterocycles. The molecule has 5 aromatic rings. The summed E-state index contributed by atoms with van der Waals surface area (Å²) in [5.74, 6) is 1.17.